The Balaban J connectivity index is 1.39. The number of benzene rings is 2. The number of amidine groups is 1. The van der Waals surface area contributed by atoms with Gasteiger partial charge in [-0.05, 0) is 81.5 Å². The Labute approximate surface area is 203 Å². The first kappa shape index (κ1) is 23.1. The summed E-state index contributed by atoms with van der Waals surface area (Å²) in [5.74, 6) is 0.664. The minimum atomic E-state index is -0.226. The number of nitrogens with two attached hydrogens (primary N) is 1. The summed E-state index contributed by atoms with van der Waals surface area (Å²) in [5, 5.41) is 7.82. The van der Waals surface area contributed by atoms with Gasteiger partial charge in [0.15, 0.2) is 0 Å². The van der Waals surface area contributed by atoms with Crippen LogP contribution in [0.25, 0.3) is 0 Å². The Morgan fingerprint density at radius 3 is 2.56 bits per heavy atom. The van der Waals surface area contributed by atoms with Gasteiger partial charge in [0.05, 0.1) is 5.92 Å². The number of carbonyl (C=O) groups is 1. The van der Waals surface area contributed by atoms with Crippen molar-refractivity contribution < 1.29 is 4.79 Å². The van der Waals surface area contributed by atoms with Crippen LogP contribution in [0.5, 0.6) is 0 Å². The minimum absolute atomic E-state index is 0.0437. The molecule has 1 saturated carbocycles. The number of para-hydroxylation sites is 1. The lowest BCUT2D eigenvalue weighted by Crippen LogP contribution is -2.47. The Kier molecular flexibility index (Phi) is 6.48. The van der Waals surface area contributed by atoms with Gasteiger partial charge in [0, 0.05) is 35.9 Å². The molecule has 2 heterocycles. The number of anilines is 1. The van der Waals surface area contributed by atoms with E-state index in [2.05, 4.69) is 47.9 Å². The van der Waals surface area contributed by atoms with Gasteiger partial charge in [-0.2, -0.15) is 0 Å². The Morgan fingerprint density at radius 1 is 1.03 bits per heavy atom. The van der Waals surface area contributed by atoms with Gasteiger partial charge in [-0.1, -0.05) is 42.8 Å². The van der Waals surface area contributed by atoms with Crippen molar-refractivity contribution in [1.29, 1.82) is 5.41 Å². The number of rotatable bonds is 5. The van der Waals surface area contributed by atoms with Crippen molar-refractivity contribution in [3.05, 3.63) is 65.2 Å². The van der Waals surface area contributed by atoms with Crippen LogP contribution in [-0.2, 0) is 11.2 Å². The topological polar surface area (TPSA) is 73.4 Å². The van der Waals surface area contributed by atoms with Gasteiger partial charge in [0.25, 0.3) is 0 Å². The molecule has 2 aliphatic heterocycles. The van der Waals surface area contributed by atoms with Crippen LogP contribution in [0.3, 0.4) is 0 Å². The summed E-state index contributed by atoms with van der Waals surface area (Å²) >= 11 is 0. The second-order valence-electron chi connectivity index (χ2n) is 10.8. The van der Waals surface area contributed by atoms with Crippen LogP contribution in [0.4, 0.5) is 5.69 Å². The first-order valence-electron chi connectivity index (χ1n) is 13.0. The number of nitrogen functional groups attached to an aromatic ring is 1. The maximum absolute atomic E-state index is 14.0. The summed E-state index contributed by atoms with van der Waals surface area (Å²) in [7, 11) is 0. The van der Waals surface area contributed by atoms with E-state index in [1.165, 1.54) is 31.2 Å². The molecule has 3 N–H and O–H groups in total. The summed E-state index contributed by atoms with van der Waals surface area (Å²) in [6.07, 6.45) is 8.00. The number of amides is 1. The van der Waals surface area contributed by atoms with Crippen LogP contribution in [0.2, 0.25) is 0 Å². The highest BCUT2D eigenvalue weighted by molar-refractivity contribution is 6.02. The number of nitrogens with zero attached hydrogens (tertiary/aromatic N) is 2. The number of hydrogen-bond donors (Lipinski definition) is 2. The molecule has 1 aliphatic carbocycles. The molecule has 1 saturated heterocycles. The SMILES string of the molecule is C[C@@H]1CCC[C@H](C)N1CC1CCC(N2C(=O)C(c3cccc(C(=N)N)c3)Cc3ccccc32)C1. The molecule has 3 unspecified atom stereocenters. The number of nitrogens with one attached hydrogen (secondary N) is 1. The zero-order valence-corrected chi connectivity index (χ0v) is 20.5. The molecule has 2 aromatic carbocycles. The summed E-state index contributed by atoms with van der Waals surface area (Å²) in [4.78, 5) is 18.8. The van der Waals surface area contributed by atoms with Gasteiger partial charge in [0.1, 0.15) is 5.84 Å². The highest BCUT2D eigenvalue weighted by Gasteiger charge is 2.41. The van der Waals surface area contributed by atoms with Gasteiger partial charge in [-0.15, -0.1) is 0 Å². The number of carbonyl (C=O) groups excluding carboxylic acids is 1. The molecule has 5 heteroatoms. The molecule has 180 valence electrons. The summed E-state index contributed by atoms with van der Waals surface area (Å²) < 4.78 is 0. The lowest BCUT2D eigenvalue weighted by Gasteiger charge is -2.41. The van der Waals surface area contributed by atoms with Crippen LogP contribution >= 0.6 is 0 Å². The molecule has 0 radical (unpaired) electrons. The molecule has 2 aromatic rings. The van der Waals surface area contributed by atoms with Crippen molar-refractivity contribution in [2.45, 2.75) is 82.8 Å². The van der Waals surface area contributed by atoms with Crippen molar-refractivity contribution in [3.8, 4) is 0 Å². The van der Waals surface area contributed by atoms with Crippen LogP contribution < -0.4 is 10.6 Å². The second kappa shape index (κ2) is 9.53. The zero-order valence-electron chi connectivity index (χ0n) is 20.5. The van der Waals surface area contributed by atoms with Gasteiger partial charge in [-0.3, -0.25) is 15.1 Å². The molecule has 0 spiro atoms. The normalized spacial score (nSPS) is 29.8. The molecule has 1 amide bonds. The Morgan fingerprint density at radius 2 is 1.79 bits per heavy atom. The maximum Gasteiger partial charge on any atom is 0.235 e. The fraction of sp³-hybridized carbons (Fsp3) is 0.517. The molecular formula is C29H38N4O. The lowest BCUT2D eigenvalue weighted by atomic mass is 9.84. The van der Waals surface area contributed by atoms with Crippen LogP contribution in [0.15, 0.2) is 48.5 Å². The van der Waals surface area contributed by atoms with Gasteiger partial charge in [0.2, 0.25) is 5.91 Å². The first-order valence-corrected chi connectivity index (χ1v) is 13.0. The van der Waals surface area contributed by atoms with E-state index < -0.39 is 0 Å². The Hall–Kier alpha value is -2.66. The van der Waals surface area contributed by atoms with Crippen molar-refractivity contribution >= 4 is 17.4 Å². The lowest BCUT2D eigenvalue weighted by molar-refractivity contribution is -0.120. The average Bonchev–Trinajstić information content (AvgIpc) is 3.29. The predicted molar refractivity (Wildman–Crippen MR) is 138 cm³/mol. The number of hydrogen-bond acceptors (Lipinski definition) is 3. The van der Waals surface area contributed by atoms with Crippen molar-refractivity contribution in [2.24, 2.45) is 11.7 Å². The molecular weight excluding hydrogens is 420 g/mol. The van der Waals surface area contributed by atoms with Gasteiger partial charge < -0.3 is 10.6 Å². The first-order chi connectivity index (χ1) is 16.4. The van der Waals surface area contributed by atoms with E-state index in [1.54, 1.807) is 0 Å². The third-order valence-electron chi connectivity index (χ3n) is 8.53. The standard InChI is InChI=1S/C29H38N4O/c1-19-7-5-8-20(2)32(19)18-21-13-14-25(15-21)33-27-12-4-3-9-23(27)17-26(29(33)34)22-10-6-11-24(16-22)28(30)31/h3-4,6,9-12,16,19-21,25-26H,5,7-8,13-15,17-18H2,1-2H3,(H3,30,31)/t19-,20+,21?,25?,26?. The quantitative estimate of drug-likeness (QED) is 0.485. The predicted octanol–water partition coefficient (Wildman–Crippen LogP) is 5.08. The van der Waals surface area contributed by atoms with Crippen molar-refractivity contribution in [3.63, 3.8) is 0 Å². The van der Waals surface area contributed by atoms with Crippen molar-refractivity contribution in [2.75, 3.05) is 11.4 Å². The third-order valence-corrected chi connectivity index (χ3v) is 8.53. The van der Waals surface area contributed by atoms with E-state index in [1.807, 2.05) is 24.3 Å². The van der Waals surface area contributed by atoms with E-state index in [9.17, 15) is 4.79 Å². The Bertz CT molecular complexity index is 1060. The van der Waals surface area contributed by atoms with Crippen LogP contribution in [-0.4, -0.2) is 41.3 Å². The molecule has 5 nitrogen and oxygen atoms in total. The molecule has 3 aliphatic rings. The highest BCUT2D eigenvalue weighted by Crippen LogP contribution is 2.41. The summed E-state index contributed by atoms with van der Waals surface area (Å²) in [6.45, 7) is 5.92. The second-order valence-corrected chi connectivity index (χ2v) is 10.8. The van der Waals surface area contributed by atoms with Gasteiger partial charge >= 0.3 is 0 Å². The van der Waals surface area contributed by atoms with E-state index in [-0.39, 0.29) is 23.7 Å². The van der Waals surface area contributed by atoms with Crippen LogP contribution in [0.1, 0.15) is 75.0 Å². The van der Waals surface area contributed by atoms with Gasteiger partial charge in [-0.25, -0.2) is 0 Å². The molecule has 0 bridgehead atoms. The fourth-order valence-electron chi connectivity index (χ4n) is 6.65. The highest BCUT2D eigenvalue weighted by atomic mass is 16.2. The summed E-state index contributed by atoms with van der Waals surface area (Å²) in [6, 6.07) is 17.7. The number of fused-ring (bicyclic) bond motifs is 1. The molecule has 0 aromatic heterocycles. The monoisotopic (exact) mass is 458 g/mol. The largest absolute Gasteiger partial charge is 0.384 e. The maximum atomic E-state index is 14.0. The van der Waals surface area contributed by atoms with Crippen molar-refractivity contribution in [1.82, 2.24) is 4.90 Å². The van der Waals surface area contributed by atoms with E-state index in [0.717, 1.165) is 30.6 Å². The fourth-order valence-corrected chi connectivity index (χ4v) is 6.65. The molecule has 5 rings (SSSR count). The zero-order chi connectivity index (χ0) is 23.8. The third kappa shape index (κ3) is 4.38. The van der Waals surface area contributed by atoms with E-state index in [4.69, 9.17) is 11.1 Å². The molecule has 2 fully saturated rings. The van der Waals surface area contributed by atoms with E-state index in [0.29, 0.717) is 30.0 Å². The molecule has 5 atom stereocenters. The average molecular weight is 459 g/mol. The number of piperidine rings is 1. The minimum Gasteiger partial charge on any atom is -0.384 e. The molecule has 34 heavy (non-hydrogen) atoms. The smallest absolute Gasteiger partial charge is 0.235 e. The summed E-state index contributed by atoms with van der Waals surface area (Å²) in [5.41, 5.74) is 9.72. The van der Waals surface area contributed by atoms with Crippen LogP contribution in [0, 0.1) is 11.3 Å². The number of likely N-dealkylation sites (tertiary alicyclic amines) is 1. The van der Waals surface area contributed by atoms with E-state index >= 15 is 0 Å².